The minimum atomic E-state index is -3.89. The van der Waals surface area contributed by atoms with Gasteiger partial charge in [-0.3, -0.25) is 15.0 Å². The number of amidine groups is 1. The van der Waals surface area contributed by atoms with Crippen LogP contribution in [0.2, 0.25) is 0 Å². The third-order valence-corrected chi connectivity index (χ3v) is 6.25. The van der Waals surface area contributed by atoms with Crippen LogP contribution in [0.3, 0.4) is 0 Å². The van der Waals surface area contributed by atoms with Gasteiger partial charge in [-0.25, -0.2) is 17.5 Å². The van der Waals surface area contributed by atoms with E-state index < -0.39 is 27.2 Å². The molecule has 0 saturated carbocycles. The number of nitrogens with two attached hydrogens (primary N) is 1. The van der Waals surface area contributed by atoms with E-state index in [4.69, 9.17) is 11.1 Å². The Morgan fingerprint density at radius 1 is 1.12 bits per heavy atom. The van der Waals surface area contributed by atoms with Crippen LogP contribution in [0.15, 0.2) is 41.2 Å². The van der Waals surface area contributed by atoms with Gasteiger partial charge in [-0.15, -0.1) is 0 Å². The zero-order valence-corrected chi connectivity index (χ0v) is 19.9. The molecule has 1 amide bonds. The minimum absolute atomic E-state index is 0.0302. The number of aryl methyl sites for hydroxylation is 1. The van der Waals surface area contributed by atoms with E-state index in [0.717, 1.165) is 6.42 Å². The Morgan fingerprint density at radius 2 is 1.82 bits per heavy atom. The molecule has 0 spiro atoms. The van der Waals surface area contributed by atoms with Crippen molar-refractivity contribution in [2.75, 3.05) is 19.6 Å². The Balaban J connectivity index is 1.90. The van der Waals surface area contributed by atoms with E-state index >= 15 is 0 Å². The van der Waals surface area contributed by atoms with Crippen LogP contribution in [0.4, 0.5) is 4.39 Å². The van der Waals surface area contributed by atoms with Gasteiger partial charge < -0.3 is 20.9 Å². The number of hydrogen-bond acceptors (Lipinski definition) is 6. The fraction of sp³-hybridized carbons (Fsp3) is 0.409. The number of carbonyl (C=O) groups is 1. The Kier molecular flexibility index (Phi) is 10.4. The molecule has 0 bridgehead atoms. The van der Waals surface area contributed by atoms with Crippen molar-refractivity contribution in [1.29, 1.82) is 5.41 Å². The smallest absolute Gasteiger partial charge is 0.255 e. The largest absolute Gasteiger partial charge is 0.387 e. The number of halogens is 1. The van der Waals surface area contributed by atoms with Crippen LogP contribution >= 0.6 is 0 Å². The molecule has 1 aromatic heterocycles. The number of pyridine rings is 1. The number of nitrogens with zero attached hydrogens (tertiary/aromatic N) is 1. The molecule has 0 unspecified atom stereocenters. The van der Waals surface area contributed by atoms with E-state index in [0.29, 0.717) is 31.7 Å². The van der Waals surface area contributed by atoms with Crippen molar-refractivity contribution in [3.63, 3.8) is 0 Å². The first-order valence-corrected chi connectivity index (χ1v) is 12.4. The monoisotopic (exact) mass is 494 g/mol. The first-order valence-electron chi connectivity index (χ1n) is 10.8. The van der Waals surface area contributed by atoms with Crippen molar-refractivity contribution in [2.24, 2.45) is 5.73 Å². The number of unbranched alkanes of at least 4 members (excludes halogenated alkanes) is 1. The number of carbonyl (C=O) groups excluding carboxylic acids is 1. The highest BCUT2D eigenvalue weighted by Crippen LogP contribution is 2.10. The molecule has 12 heteroatoms. The molecule has 0 fully saturated rings. The molecular weight excluding hydrogens is 463 g/mol. The van der Waals surface area contributed by atoms with Gasteiger partial charge >= 0.3 is 0 Å². The van der Waals surface area contributed by atoms with E-state index in [1.807, 2.05) is 0 Å². The van der Waals surface area contributed by atoms with Crippen LogP contribution in [0, 0.1) is 18.2 Å². The van der Waals surface area contributed by atoms with E-state index in [2.05, 4.69) is 15.4 Å². The van der Waals surface area contributed by atoms with Gasteiger partial charge in [0.15, 0.2) is 0 Å². The van der Waals surface area contributed by atoms with E-state index in [9.17, 15) is 22.4 Å². The summed E-state index contributed by atoms with van der Waals surface area (Å²) < 4.78 is 42.0. The van der Waals surface area contributed by atoms with E-state index in [1.165, 1.54) is 28.8 Å². The summed E-state index contributed by atoms with van der Waals surface area (Å²) in [5, 5.41) is 12.9. The number of aromatic nitrogens is 1. The van der Waals surface area contributed by atoms with Gasteiger partial charge in [0.2, 0.25) is 15.9 Å². The first kappa shape index (κ1) is 27.2. The molecule has 1 aromatic carbocycles. The maximum atomic E-state index is 13.8. The minimum Gasteiger partial charge on any atom is -0.387 e. The number of amides is 1. The molecule has 10 nitrogen and oxygen atoms in total. The maximum Gasteiger partial charge on any atom is 0.255 e. The summed E-state index contributed by atoms with van der Waals surface area (Å²) in [7, 11) is -3.89. The average Bonchev–Trinajstić information content (AvgIpc) is 2.76. The quantitative estimate of drug-likeness (QED) is 0.145. The number of nitrogens with one attached hydrogen (secondary N) is 4. The summed E-state index contributed by atoms with van der Waals surface area (Å²) in [4.78, 5) is 25.1. The lowest BCUT2D eigenvalue weighted by Gasteiger charge is -2.13. The summed E-state index contributed by atoms with van der Waals surface area (Å²) in [6.45, 7) is 2.65. The van der Waals surface area contributed by atoms with Crippen molar-refractivity contribution in [1.82, 2.24) is 19.9 Å². The molecule has 34 heavy (non-hydrogen) atoms. The van der Waals surface area contributed by atoms with Crippen LogP contribution in [-0.4, -0.2) is 44.4 Å². The van der Waals surface area contributed by atoms with Crippen LogP contribution in [0.5, 0.6) is 0 Å². The molecule has 0 aliphatic carbocycles. The lowest BCUT2D eigenvalue weighted by Crippen LogP contribution is -2.36. The molecule has 2 rings (SSSR count). The fourth-order valence-electron chi connectivity index (χ4n) is 3.13. The van der Waals surface area contributed by atoms with E-state index in [1.54, 1.807) is 19.1 Å². The van der Waals surface area contributed by atoms with Crippen molar-refractivity contribution in [3.05, 3.63) is 69.4 Å². The van der Waals surface area contributed by atoms with Crippen molar-refractivity contribution >= 4 is 21.8 Å². The summed E-state index contributed by atoms with van der Waals surface area (Å²) in [5.74, 6) is -1.44. The van der Waals surface area contributed by atoms with Crippen LogP contribution in [-0.2, 0) is 33.7 Å². The highest BCUT2D eigenvalue weighted by atomic mass is 32.2. The first-order chi connectivity index (χ1) is 16.1. The van der Waals surface area contributed by atoms with Crippen molar-refractivity contribution < 1.29 is 17.6 Å². The fourth-order valence-corrected chi connectivity index (χ4v) is 4.25. The summed E-state index contributed by atoms with van der Waals surface area (Å²) in [6, 6.07) is 8.72. The van der Waals surface area contributed by atoms with Gasteiger partial charge in [-0.2, -0.15) is 0 Å². The number of benzene rings is 1. The molecule has 186 valence electrons. The molecule has 1 heterocycles. The SMILES string of the molecule is Cc1ccc(CNS(=O)(=O)Cc2ccccc2F)c(=O)n1CC(=O)NCCCCNCC(=N)N. The van der Waals surface area contributed by atoms with Gasteiger partial charge in [-0.05, 0) is 38.4 Å². The zero-order valence-electron chi connectivity index (χ0n) is 19.1. The zero-order chi connectivity index (χ0) is 25.1. The van der Waals surface area contributed by atoms with Crippen molar-refractivity contribution in [3.8, 4) is 0 Å². The molecule has 0 radical (unpaired) electrons. The second-order valence-electron chi connectivity index (χ2n) is 7.82. The van der Waals surface area contributed by atoms with Gasteiger partial charge in [0.1, 0.15) is 18.2 Å². The second kappa shape index (κ2) is 13.0. The summed E-state index contributed by atoms with van der Waals surface area (Å²) in [6.07, 6.45) is 1.50. The molecular formula is C22H31FN6O4S. The number of rotatable bonds is 14. The van der Waals surface area contributed by atoms with Crippen molar-refractivity contribution in [2.45, 2.75) is 38.6 Å². The molecule has 0 aliphatic heterocycles. The van der Waals surface area contributed by atoms with Crippen LogP contribution in [0.1, 0.15) is 29.7 Å². The third kappa shape index (κ3) is 9.04. The standard InChI is InChI=1S/C22H31FN6O4S/c1-16-8-9-17(12-28-34(32,33)15-18-6-2-3-7-19(18)23)22(31)29(16)14-21(30)27-11-5-4-10-26-13-20(24)25/h2-3,6-9,26,28H,4-5,10-15H2,1H3,(H3,24,25)(H,27,30). The maximum absolute atomic E-state index is 13.8. The lowest BCUT2D eigenvalue weighted by molar-refractivity contribution is -0.121. The van der Waals surface area contributed by atoms with Crippen LogP contribution < -0.4 is 26.6 Å². The highest BCUT2D eigenvalue weighted by molar-refractivity contribution is 7.88. The Morgan fingerprint density at radius 3 is 2.53 bits per heavy atom. The molecule has 2 aromatic rings. The molecule has 0 aliphatic rings. The normalized spacial score (nSPS) is 11.4. The topological polar surface area (TPSA) is 159 Å². The summed E-state index contributed by atoms with van der Waals surface area (Å²) in [5.41, 5.74) is 5.54. The molecule has 0 atom stereocenters. The second-order valence-corrected chi connectivity index (χ2v) is 9.63. The Hall–Kier alpha value is -3.09. The third-order valence-electron chi connectivity index (χ3n) is 4.98. The predicted molar refractivity (Wildman–Crippen MR) is 128 cm³/mol. The Labute approximate surface area is 198 Å². The number of hydrogen-bond donors (Lipinski definition) is 5. The van der Waals surface area contributed by atoms with Gasteiger partial charge in [0.05, 0.1) is 12.3 Å². The highest BCUT2D eigenvalue weighted by Gasteiger charge is 2.16. The number of sulfonamides is 1. The van der Waals surface area contributed by atoms with Gasteiger partial charge in [-0.1, -0.05) is 24.3 Å². The van der Waals surface area contributed by atoms with Crippen LogP contribution in [0.25, 0.3) is 0 Å². The average molecular weight is 495 g/mol. The van der Waals surface area contributed by atoms with E-state index in [-0.39, 0.29) is 36.0 Å². The molecule has 6 N–H and O–H groups in total. The predicted octanol–water partition coefficient (Wildman–Crippen LogP) is 0.337. The lowest BCUT2D eigenvalue weighted by atomic mass is 10.2. The molecule has 0 saturated heterocycles. The Bertz CT molecular complexity index is 1170. The van der Waals surface area contributed by atoms with Gasteiger partial charge in [0, 0.05) is 29.9 Å². The van der Waals surface area contributed by atoms with Gasteiger partial charge in [0.25, 0.3) is 5.56 Å². The summed E-state index contributed by atoms with van der Waals surface area (Å²) >= 11 is 0.